The average molecular weight is 169 g/mol. The molecular weight excluding hydrogens is 159 g/mol. The van der Waals surface area contributed by atoms with E-state index in [2.05, 4.69) is 0 Å². The number of alkyl halides is 1. The van der Waals surface area contributed by atoms with Crippen LogP contribution >= 0.6 is 23.4 Å². The largest absolute Gasteiger partial charge is 0.274 e. The van der Waals surface area contributed by atoms with Crippen molar-refractivity contribution in [3.05, 3.63) is 0 Å². The fourth-order valence-corrected chi connectivity index (χ4v) is 1.20. The second-order valence-electron chi connectivity index (χ2n) is 2.41. The van der Waals surface area contributed by atoms with Gasteiger partial charge in [0.2, 0.25) is 0 Å². The van der Waals surface area contributed by atoms with E-state index in [9.17, 15) is 0 Å². The van der Waals surface area contributed by atoms with Crippen LogP contribution in [0.3, 0.4) is 0 Å². The molecule has 9 heavy (non-hydrogen) atoms. The Hall–Kier alpha value is 0.500. The summed E-state index contributed by atoms with van der Waals surface area (Å²) in [7, 11) is 1.95. The quantitative estimate of drug-likeness (QED) is 0.306. The highest BCUT2D eigenvalue weighted by molar-refractivity contribution is 6.27. The molecular formula is C5H10Cl2N2. The molecule has 1 heterocycles. The summed E-state index contributed by atoms with van der Waals surface area (Å²) in [4.78, 5) is 2.00. The molecule has 0 saturated carbocycles. The van der Waals surface area contributed by atoms with E-state index in [1.165, 1.54) is 0 Å². The minimum Gasteiger partial charge on any atom is -0.274 e. The Kier molecular flexibility index (Phi) is 1.92. The van der Waals surface area contributed by atoms with Crippen LogP contribution in [-0.4, -0.2) is 34.6 Å². The summed E-state index contributed by atoms with van der Waals surface area (Å²) in [5.74, 6) is 0. The van der Waals surface area contributed by atoms with Crippen LogP contribution in [0.5, 0.6) is 0 Å². The van der Waals surface area contributed by atoms with E-state index in [4.69, 9.17) is 23.4 Å². The molecule has 1 saturated heterocycles. The lowest BCUT2D eigenvalue weighted by Gasteiger charge is -2.28. The minimum atomic E-state index is -0.485. The zero-order valence-electron chi connectivity index (χ0n) is 5.56. The molecule has 4 heteroatoms. The zero-order valence-corrected chi connectivity index (χ0v) is 7.08. The van der Waals surface area contributed by atoms with Gasteiger partial charge in [-0.3, -0.25) is 4.90 Å². The van der Waals surface area contributed by atoms with Gasteiger partial charge in [-0.1, -0.05) is 11.6 Å². The third-order valence-corrected chi connectivity index (χ3v) is 2.85. The van der Waals surface area contributed by atoms with Crippen molar-refractivity contribution in [2.24, 2.45) is 0 Å². The monoisotopic (exact) mass is 168 g/mol. The molecule has 1 fully saturated rings. The van der Waals surface area contributed by atoms with Gasteiger partial charge in [0.05, 0.1) is 0 Å². The Morgan fingerprint density at radius 1 is 1.44 bits per heavy atom. The van der Waals surface area contributed by atoms with Gasteiger partial charge in [0, 0.05) is 13.1 Å². The predicted molar refractivity (Wildman–Crippen MR) is 39.4 cm³/mol. The maximum absolute atomic E-state index is 5.99. The van der Waals surface area contributed by atoms with Crippen molar-refractivity contribution in [1.82, 2.24) is 9.32 Å². The molecule has 54 valence electrons. The van der Waals surface area contributed by atoms with Crippen molar-refractivity contribution in [3.63, 3.8) is 0 Å². The molecule has 0 aromatic heterocycles. The molecule has 0 spiro atoms. The molecule has 1 aliphatic heterocycles. The molecule has 0 radical (unpaired) electrons. The number of hydrogen-bond donors (Lipinski definition) is 0. The van der Waals surface area contributed by atoms with Gasteiger partial charge < -0.3 is 0 Å². The smallest absolute Gasteiger partial charge is 0.161 e. The zero-order chi connectivity index (χ0) is 7.07. The van der Waals surface area contributed by atoms with Crippen molar-refractivity contribution < 1.29 is 0 Å². The molecule has 1 atom stereocenters. The van der Waals surface area contributed by atoms with Gasteiger partial charge in [-0.05, 0) is 25.7 Å². The molecule has 2 nitrogen and oxygen atoms in total. The topological polar surface area (TPSA) is 6.48 Å². The Labute approximate surface area is 65.4 Å². The summed E-state index contributed by atoms with van der Waals surface area (Å²) in [6.45, 7) is 3.65. The molecule has 1 unspecified atom stereocenters. The minimum absolute atomic E-state index is 0.485. The van der Waals surface area contributed by atoms with E-state index in [1.54, 1.807) is 4.42 Å². The third-order valence-electron chi connectivity index (χ3n) is 1.77. The van der Waals surface area contributed by atoms with E-state index in [1.807, 2.05) is 18.9 Å². The van der Waals surface area contributed by atoms with E-state index in [-0.39, 0.29) is 0 Å². The molecule has 0 N–H and O–H groups in total. The number of halogens is 2. The molecule has 0 amide bonds. The van der Waals surface area contributed by atoms with Crippen LogP contribution in [0.1, 0.15) is 6.92 Å². The molecule has 0 aliphatic carbocycles. The first kappa shape index (κ1) is 7.61. The molecule has 0 bridgehead atoms. The van der Waals surface area contributed by atoms with E-state index >= 15 is 0 Å². The van der Waals surface area contributed by atoms with Gasteiger partial charge in [0.1, 0.15) is 0 Å². The van der Waals surface area contributed by atoms with Crippen molar-refractivity contribution in [3.8, 4) is 0 Å². The Balaban J connectivity index is 2.66. The lowest BCUT2D eigenvalue weighted by atomic mass is 10.5. The van der Waals surface area contributed by atoms with Crippen molar-refractivity contribution in [2.75, 3.05) is 20.1 Å². The summed E-state index contributed by atoms with van der Waals surface area (Å²) in [6.07, 6.45) is 0. The fraction of sp³-hybridized carbons (Fsp3) is 1.00. The van der Waals surface area contributed by atoms with Crippen LogP contribution in [-0.2, 0) is 0 Å². The lowest BCUT2D eigenvalue weighted by Crippen LogP contribution is -2.39. The normalized spacial score (nSPS) is 40.0. The fourth-order valence-electron chi connectivity index (χ4n) is 0.831. The second kappa shape index (κ2) is 2.27. The van der Waals surface area contributed by atoms with Crippen molar-refractivity contribution in [2.45, 2.75) is 12.0 Å². The van der Waals surface area contributed by atoms with E-state index < -0.39 is 5.12 Å². The van der Waals surface area contributed by atoms with Gasteiger partial charge in [-0.25, -0.2) is 0 Å². The van der Waals surface area contributed by atoms with Gasteiger partial charge in [0.25, 0.3) is 0 Å². The van der Waals surface area contributed by atoms with E-state index in [0.717, 1.165) is 13.1 Å². The second-order valence-corrected chi connectivity index (χ2v) is 3.54. The molecule has 1 aliphatic rings. The summed E-state index contributed by atoms with van der Waals surface area (Å²) in [5, 5.41) is -0.485. The van der Waals surface area contributed by atoms with Gasteiger partial charge in [0.15, 0.2) is 5.12 Å². The summed E-state index contributed by atoms with van der Waals surface area (Å²) < 4.78 is 1.61. The highest BCUT2D eigenvalue weighted by atomic mass is 35.5. The Morgan fingerprint density at radius 2 is 2.00 bits per heavy atom. The number of rotatable bonds is 0. The summed E-state index contributed by atoms with van der Waals surface area (Å²) >= 11 is 11.7. The van der Waals surface area contributed by atoms with Gasteiger partial charge >= 0.3 is 0 Å². The molecule has 1 rings (SSSR count). The van der Waals surface area contributed by atoms with E-state index in [0.29, 0.717) is 0 Å². The third kappa shape index (κ3) is 1.17. The highest BCUT2D eigenvalue weighted by Crippen LogP contribution is 2.30. The van der Waals surface area contributed by atoms with Crippen LogP contribution in [0, 0.1) is 0 Å². The lowest BCUT2D eigenvalue weighted by molar-refractivity contribution is 0.209. The maximum Gasteiger partial charge on any atom is 0.161 e. The van der Waals surface area contributed by atoms with Crippen LogP contribution in [0.2, 0.25) is 0 Å². The number of likely N-dealkylation sites (N-methyl/N-ethyl adjacent to an activating group) is 1. The Morgan fingerprint density at radius 3 is 2.11 bits per heavy atom. The number of nitrogens with zero attached hydrogens (tertiary/aromatic N) is 2. The highest BCUT2D eigenvalue weighted by Gasteiger charge is 2.38. The van der Waals surface area contributed by atoms with Crippen molar-refractivity contribution in [1.29, 1.82) is 0 Å². The summed E-state index contributed by atoms with van der Waals surface area (Å²) in [5.41, 5.74) is 0. The van der Waals surface area contributed by atoms with Gasteiger partial charge in [-0.2, -0.15) is 4.42 Å². The Bertz CT molecular complexity index is 104. The van der Waals surface area contributed by atoms with Crippen molar-refractivity contribution >= 4 is 23.4 Å². The summed E-state index contributed by atoms with van der Waals surface area (Å²) in [6, 6.07) is 0. The molecule has 0 aromatic carbocycles. The first-order valence-corrected chi connectivity index (χ1v) is 3.60. The number of hydrogen-bond acceptors (Lipinski definition) is 2. The first-order chi connectivity index (χ1) is 4.05. The van der Waals surface area contributed by atoms with Crippen LogP contribution < -0.4 is 0 Å². The average Bonchev–Trinajstić information content (AvgIpc) is 1.96. The first-order valence-electron chi connectivity index (χ1n) is 2.88. The van der Waals surface area contributed by atoms with Crippen LogP contribution in [0.15, 0.2) is 0 Å². The maximum atomic E-state index is 5.99. The van der Waals surface area contributed by atoms with Crippen LogP contribution in [0.25, 0.3) is 0 Å². The standard InChI is InChI=1S/C5H10Cl2N2/c1-5(6)8(2)3-4-9(5)7/h3-4H2,1-2H3. The predicted octanol–water partition coefficient (Wildman–Crippen LogP) is 1.30. The van der Waals surface area contributed by atoms with Crippen LogP contribution in [0.4, 0.5) is 0 Å². The SMILES string of the molecule is CN1CCN(Cl)C1(C)Cl. The molecule has 0 aromatic rings. The van der Waals surface area contributed by atoms with Gasteiger partial charge in [-0.15, -0.1) is 0 Å².